The van der Waals surface area contributed by atoms with E-state index in [-0.39, 0.29) is 11.9 Å². The molecule has 0 saturated heterocycles. The van der Waals surface area contributed by atoms with Gasteiger partial charge in [-0.05, 0) is 103 Å². The maximum Gasteiger partial charge on any atom is 0.126 e. The third kappa shape index (κ3) is 7.18. The molecule has 0 aliphatic rings. The second-order valence-corrected chi connectivity index (χ2v) is 9.31. The summed E-state index contributed by atoms with van der Waals surface area (Å²) in [6.07, 6.45) is 4.51. The van der Waals surface area contributed by atoms with Gasteiger partial charge in [-0.2, -0.15) is 10.5 Å². The molecule has 0 amide bonds. The molecule has 38 heavy (non-hydrogen) atoms. The first-order chi connectivity index (χ1) is 18.3. The van der Waals surface area contributed by atoms with Gasteiger partial charge in [-0.3, -0.25) is 0 Å². The number of hydrogen-bond donors (Lipinski definition) is 1. The quantitative estimate of drug-likeness (QED) is 0.227. The number of nitriles is 2. The van der Waals surface area contributed by atoms with Crippen molar-refractivity contribution >= 4 is 23.3 Å². The zero-order chi connectivity index (χ0) is 27.7. The molecular formula is C32H32N2O4. The van der Waals surface area contributed by atoms with Gasteiger partial charge in [0.15, 0.2) is 0 Å². The molecule has 194 valence electrons. The molecule has 0 radical (unpaired) electrons. The highest BCUT2D eigenvalue weighted by molar-refractivity contribution is 5.93. The maximum atomic E-state index is 9.91. The summed E-state index contributed by atoms with van der Waals surface area (Å²) >= 11 is 0. The maximum absolute atomic E-state index is 9.91. The van der Waals surface area contributed by atoms with Crippen molar-refractivity contribution in [1.29, 1.82) is 10.5 Å². The normalized spacial score (nSPS) is 12.4. The van der Waals surface area contributed by atoms with Gasteiger partial charge in [0, 0.05) is 11.1 Å². The number of benzene rings is 3. The molecule has 6 heteroatoms. The van der Waals surface area contributed by atoms with Crippen LogP contribution in [0.2, 0.25) is 0 Å². The van der Waals surface area contributed by atoms with E-state index in [9.17, 15) is 15.6 Å². The molecule has 3 rings (SSSR count). The zero-order valence-corrected chi connectivity index (χ0v) is 22.4. The summed E-state index contributed by atoms with van der Waals surface area (Å²) in [5.74, 6) is 2.47. The average molecular weight is 509 g/mol. The summed E-state index contributed by atoms with van der Waals surface area (Å²) in [6, 6.07) is 21.9. The SMILES string of the molecule is COc1cc(/C=C(\C#N)c2ccc(OC(C)CC(C)C)cc2)c(OC)cc1/C=C(\C#N)c1ccc(O)cc1. The van der Waals surface area contributed by atoms with Crippen molar-refractivity contribution in [2.24, 2.45) is 5.92 Å². The summed E-state index contributed by atoms with van der Waals surface area (Å²) in [6.45, 7) is 6.38. The van der Waals surface area contributed by atoms with Crippen LogP contribution in [0.15, 0.2) is 60.7 Å². The Labute approximate surface area is 224 Å². The fourth-order valence-corrected chi connectivity index (χ4v) is 4.14. The van der Waals surface area contributed by atoms with Crippen molar-refractivity contribution in [3.05, 3.63) is 82.9 Å². The molecule has 0 bridgehead atoms. The first-order valence-electron chi connectivity index (χ1n) is 12.3. The van der Waals surface area contributed by atoms with Crippen LogP contribution in [-0.4, -0.2) is 25.4 Å². The lowest BCUT2D eigenvalue weighted by molar-refractivity contribution is 0.193. The highest BCUT2D eigenvalue weighted by atomic mass is 16.5. The van der Waals surface area contributed by atoms with Crippen molar-refractivity contribution in [2.75, 3.05) is 14.2 Å². The van der Waals surface area contributed by atoms with Gasteiger partial charge in [-0.1, -0.05) is 13.8 Å². The second kappa shape index (κ2) is 13.0. The van der Waals surface area contributed by atoms with Crippen LogP contribution in [0.3, 0.4) is 0 Å². The number of allylic oxidation sites excluding steroid dienone is 2. The topological polar surface area (TPSA) is 95.5 Å². The summed E-state index contributed by atoms with van der Waals surface area (Å²) in [4.78, 5) is 0. The smallest absolute Gasteiger partial charge is 0.126 e. The van der Waals surface area contributed by atoms with Crippen LogP contribution in [0, 0.1) is 28.6 Å². The summed E-state index contributed by atoms with van der Waals surface area (Å²) in [5.41, 5.74) is 3.57. The zero-order valence-electron chi connectivity index (χ0n) is 22.4. The largest absolute Gasteiger partial charge is 0.508 e. The van der Waals surface area contributed by atoms with Crippen LogP contribution in [-0.2, 0) is 0 Å². The van der Waals surface area contributed by atoms with Gasteiger partial charge in [0.2, 0.25) is 0 Å². The van der Waals surface area contributed by atoms with Gasteiger partial charge in [-0.25, -0.2) is 0 Å². The first kappa shape index (κ1) is 27.9. The van der Waals surface area contributed by atoms with Crippen LogP contribution in [0.25, 0.3) is 23.3 Å². The molecule has 0 spiro atoms. The highest BCUT2D eigenvalue weighted by Gasteiger charge is 2.13. The van der Waals surface area contributed by atoms with E-state index in [1.54, 1.807) is 50.6 Å². The molecule has 3 aromatic carbocycles. The van der Waals surface area contributed by atoms with Crippen LogP contribution < -0.4 is 14.2 Å². The van der Waals surface area contributed by atoms with Gasteiger partial charge >= 0.3 is 0 Å². The van der Waals surface area contributed by atoms with E-state index < -0.39 is 0 Å². The standard InChI is InChI=1S/C32H32N2O4/c1-21(2)14-22(3)38-30-12-8-24(9-13-30)28(20-34)16-26-18-31(36-4)25(17-32(26)37-5)15-27(19-33)23-6-10-29(35)11-7-23/h6-13,15-18,21-22,35H,14H2,1-5H3/b27-15+,28-16+. The van der Waals surface area contributed by atoms with Crippen molar-refractivity contribution in [3.63, 3.8) is 0 Å². The molecule has 0 fully saturated rings. The van der Waals surface area contributed by atoms with Gasteiger partial charge in [0.1, 0.15) is 23.0 Å². The average Bonchev–Trinajstić information content (AvgIpc) is 2.91. The third-order valence-electron chi connectivity index (χ3n) is 5.91. The summed E-state index contributed by atoms with van der Waals surface area (Å²) in [5, 5.41) is 29.2. The Morgan fingerprint density at radius 3 is 1.63 bits per heavy atom. The van der Waals surface area contributed by atoms with Crippen LogP contribution in [0.5, 0.6) is 23.0 Å². The lowest BCUT2D eigenvalue weighted by Gasteiger charge is -2.16. The Morgan fingerprint density at radius 2 is 1.24 bits per heavy atom. The van der Waals surface area contributed by atoms with Crippen molar-refractivity contribution in [1.82, 2.24) is 0 Å². The molecule has 1 atom stereocenters. The van der Waals surface area contributed by atoms with Crippen molar-refractivity contribution in [2.45, 2.75) is 33.3 Å². The van der Waals surface area contributed by atoms with Crippen molar-refractivity contribution < 1.29 is 19.3 Å². The van der Waals surface area contributed by atoms with E-state index in [0.717, 1.165) is 17.7 Å². The molecule has 0 saturated carbocycles. The Kier molecular flexibility index (Phi) is 9.57. The monoisotopic (exact) mass is 508 g/mol. The van der Waals surface area contributed by atoms with E-state index in [0.29, 0.717) is 45.3 Å². The number of hydrogen-bond acceptors (Lipinski definition) is 6. The Morgan fingerprint density at radius 1 is 0.789 bits per heavy atom. The minimum atomic E-state index is 0.103. The fourth-order valence-electron chi connectivity index (χ4n) is 4.14. The number of methoxy groups -OCH3 is 2. The number of nitrogens with zero attached hydrogens (tertiary/aromatic N) is 2. The number of rotatable bonds is 10. The Hall–Kier alpha value is -4.68. The van der Waals surface area contributed by atoms with Crippen molar-refractivity contribution in [3.8, 4) is 35.1 Å². The molecule has 0 aliphatic heterocycles. The minimum absolute atomic E-state index is 0.103. The molecule has 1 unspecified atom stereocenters. The van der Waals surface area contributed by atoms with E-state index in [1.807, 2.05) is 24.3 Å². The summed E-state index contributed by atoms with van der Waals surface area (Å²) in [7, 11) is 3.10. The fraction of sp³-hybridized carbons (Fsp3) is 0.250. The Bertz CT molecular complexity index is 1390. The second-order valence-electron chi connectivity index (χ2n) is 9.31. The molecular weight excluding hydrogens is 476 g/mol. The number of ether oxygens (including phenoxy) is 3. The molecule has 0 aromatic heterocycles. The lowest BCUT2D eigenvalue weighted by Crippen LogP contribution is -2.14. The van der Waals surface area contributed by atoms with Crippen LogP contribution >= 0.6 is 0 Å². The predicted molar refractivity (Wildman–Crippen MR) is 151 cm³/mol. The molecule has 0 aliphatic carbocycles. The first-order valence-corrected chi connectivity index (χ1v) is 12.3. The van der Waals surface area contributed by atoms with E-state index >= 15 is 0 Å². The van der Waals surface area contributed by atoms with Gasteiger partial charge in [0.25, 0.3) is 0 Å². The van der Waals surface area contributed by atoms with Crippen LogP contribution in [0.1, 0.15) is 49.4 Å². The van der Waals surface area contributed by atoms with E-state index in [2.05, 4.69) is 32.9 Å². The molecule has 3 aromatic rings. The third-order valence-corrected chi connectivity index (χ3v) is 5.91. The minimum Gasteiger partial charge on any atom is -0.508 e. The highest BCUT2D eigenvalue weighted by Crippen LogP contribution is 2.34. The Balaban J connectivity index is 1.96. The van der Waals surface area contributed by atoms with E-state index in [1.165, 1.54) is 12.1 Å². The molecule has 1 N–H and O–H groups in total. The predicted octanol–water partition coefficient (Wildman–Crippen LogP) is 7.35. The number of phenolic OH excluding ortho intramolecular Hbond substituents is 1. The molecule has 0 heterocycles. The van der Waals surface area contributed by atoms with Crippen LogP contribution in [0.4, 0.5) is 0 Å². The van der Waals surface area contributed by atoms with Gasteiger partial charge in [-0.15, -0.1) is 0 Å². The lowest BCUT2D eigenvalue weighted by atomic mass is 9.99. The van der Waals surface area contributed by atoms with Gasteiger partial charge in [0.05, 0.1) is 43.6 Å². The number of phenols is 1. The van der Waals surface area contributed by atoms with Gasteiger partial charge < -0.3 is 19.3 Å². The molecule has 6 nitrogen and oxygen atoms in total. The summed E-state index contributed by atoms with van der Waals surface area (Å²) < 4.78 is 17.2. The number of aromatic hydroxyl groups is 1. The van der Waals surface area contributed by atoms with E-state index in [4.69, 9.17) is 14.2 Å².